The minimum Gasteiger partial charge on any atom is -0.341 e. The van der Waals surface area contributed by atoms with Gasteiger partial charge in [0.05, 0.1) is 0 Å². The Morgan fingerprint density at radius 2 is 1.89 bits per heavy atom. The molecule has 0 aliphatic heterocycles. The van der Waals surface area contributed by atoms with Gasteiger partial charge in [-0.3, -0.25) is 4.99 Å². The van der Waals surface area contributed by atoms with Crippen molar-refractivity contribution >= 4 is 12.2 Å². The molecule has 0 heterocycles. The standard InChI is InChI=1S/C15H31N3/c1-6-9-11-17-15(16-5)18(12-7-2)13-10-14(4)8-3/h11,14H,6-10,12-13H2,1-5H3/b16-15+,17-11-. The first-order chi connectivity index (χ1) is 8.69. The number of unbranched alkanes of at least 4 members (excludes halogenated alkanes) is 1. The maximum Gasteiger partial charge on any atom is 0.219 e. The summed E-state index contributed by atoms with van der Waals surface area (Å²) in [5, 5.41) is 0. The molecule has 3 heteroatoms. The third-order valence-electron chi connectivity index (χ3n) is 3.19. The fraction of sp³-hybridized carbons (Fsp3) is 0.867. The van der Waals surface area contributed by atoms with Crippen LogP contribution in [0.5, 0.6) is 0 Å². The monoisotopic (exact) mass is 253 g/mol. The van der Waals surface area contributed by atoms with Crippen molar-refractivity contribution in [3.05, 3.63) is 0 Å². The molecule has 0 saturated carbocycles. The van der Waals surface area contributed by atoms with Gasteiger partial charge < -0.3 is 4.90 Å². The molecule has 18 heavy (non-hydrogen) atoms. The molecule has 0 aromatic carbocycles. The summed E-state index contributed by atoms with van der Waals surface area (Å²) in [4.78, 5) is 11.2. The van der Waals surface area contributed by atoms with Crippen LogP contribution in [-0.2, 0) is 0 Å². The number of rotatable bonds is 8. The summed E-state index contributed by atoms with van der Waals surface area (Å²) in [5.41, 5.74) is 0. The molecule has 1 atom stereocenters. The number of nitrogens with zero attached hydrogens (tertiary/aromatic N) is 3. The van der Waals surface area contributed by atoms with Crippen molar-refractivity contribution < 1.29 is 0 Å². The molecule has 0 aromatic rings. The Kier molecular flexibility index (Phi) is 10.7. The van der Waals surface area contributed by atoms with E-state index in [0.717, 1.165) is 44.2 Å². The summed E-state index contributed by atoms with van der Waals surface area (Å²) in [7, 11) is 1.84. The summed E-state index contributed by atoms with van der Waals surface area (Å²) in [5.74, 6) is 1.68. The van der Waals surface area contributed by atoms with Crippen molar-refractivity contribution in [2.75, 3.05) is 20.1 Å². The molecule has 0 aliphatic carbocycles. The maximum absolute atomic E-state index is 4.51. The molecule has 106 valence electrons. The summed E-state index contributed by atoms with van der Waals surface area (Å²) in [6.07, 6.45) is 7.78. The predicted molar refractivity (Wildman–Crippen MR) is 82.7 cm³/mol. The van der Waals surface area contributed by atoms with Crippen molar-refractivity contribution in [2.45, 2.75) is 59.8 Å². The van der Waals surface area contributed by atoms with E-state index in [1.165, 1.54) is 12.8 Å². The van der Waals surface area contributed by atoms with Crippen LogP contribution in [0.25, 0.3) is 0 Å². The van der Waals surface area contributed by atoms with Gasteiger partial charge in [0.2, 0.25) is 5.96 Å². The second-order valence-electron chi connectivity index (χ2n) is 4.91. The fourth-order valence-corrected chi connectivity index (χ4v) is 1.72. The molecule has 0 saturated heterocycles. The van der Waals surface area contributed by atoms with E-state index in [1.807, 2.05) is 13.3 Å². The Hall–Kier alpha value is -0.860. The molecule has 0 spiro atoms. The highest BCUT2D eigenvalue weighted by atomic mass is 15.3. The van der Waals surface area contributed by atoms with Gasteiger partial charge in [0.1, 0.15) is 0 Å². The summed E-state index contributed by atoms with van der Waals surface area (Å²) < 4.78 is 0. The van der Waals surface area contributed by atoms with Crippen LogP contribution < -0.4 is 0 Å². The lowest BCUT2D eigenvalue weighted by atomic mass is 10.1. The lowest BCUT2D eigenvalue weighted by Gasteiger charge is -2.24. The molecular formula is C15H31N3. The topological polar surface area (TPSA) is 28.0 Å². The van der Waals surface area contributed by atoms with E-state index in [4.69, 9.17) is 0 Å². The van der Waals surface area contributed by atoms with Gasteiger partial charge in [-0.2, -0.15) is 0 Å². The largest absolute Gasteiger partial charge is 0.341 e. The van der Waals surface area contributed by atoms with E-state index in [9.17, 15) is 0 Å². The van der Waals surface area contributed by atoms with E-state index in [0.29, 0.717) is 0 Å². The van der Waals surface area contributed by atoms with Gasteiger partial charge in [-0.1, -0.05) is 40.5 Å². The highest BCUT2D eigenvalue weighted by molar-refractivity contribution is 5.87. The minimum atomic E-state index is 0.780. The second-order valence-corrected chi connectivity index (χ2v) is 4.91. The maximum atomic E-state index is 4.51. The summed E-state index contributed by atoms with van der Waals surface area (Å²) >= 11 is 0. The van der Waals surface area contributed by atoms with Crippen LogP contribution in [0.1, 0.15) is 59.8 Å². The predicted octanol–water partition coefficient (Wildman–Crippen LogP) is 3.99. The third-order valence-corrected chi connectivity index (χ3v) is 3.19. The number of guanidine groups is 1. The molecule has 0 amide bonds. The van der Waals surface area contributed by atoms with Crippen LogP contribution >= 0.6 is 0 Å². The zero-order valence-corrected chi connectivity index (χ0v) is 12.9. The van der Waals surface area contributed by atoms with Gasteiger partial charge >= 0.3 is 0 Å². The van der Waals surface area contributed by atoms with Crippen molar-refractivity contribution in [3.8, 4) is 0 Å². The van der Waals surface area contributed by atoms with Crippen molar-refractivity contribution in [2.24, 2.45) is 15.9 Å². The molecule has 0 radical (unpaired) electrons. The van der Waals surface area contributed by atoms with Crippen LogP contribution in [0, 0.1) is 5.92 Å². The smallest absolute Gasteiger partial charge is 0.219 e. The van der Waals surface area contributed by atoms with Gasteiger partial charge in [-0.05, 0) is 25.2 Å². The molecule has 0 aromatic heterocycles. The van der Waals surface area contributed by atoms with Gasteiger partial charge in [-0.25, -0.2) is 4.99 Å². The normalized spacial score (nSPS) is 14.2. The van der Waals surface area contributed by atoms with Gasteiger partial charge in [0.25, 0.3) is 0 Å². The quantitative estimate of drug-likeness (QED) is 0.475. The van der Waals surface area contributed by atoms with Crippen LogP contribution in [0.15, 0.2) is 9.98 Å². The second kappa shape index (κ2) is 11.2. The number of hydrogen-bond acceptors (Lipinski definition) is 1. The van der Waals surface area contributed by atoms with Gasteiger partial charge in [0.15, 0.2) is 0 Å². The molecule has 0 rings (SSSR count). The number of hydrogen-bond donors (Lipinski definition) is 0. The van der Waals surface area contributed by atoms with Crippen LogP contribution in [0.2, 0.25) is 0 Å². The van der Waals surface area contributed by atoms with E-state index < -0.39 is 0 Å². The van der Waals surface area contributed by atoms with E-state index in [1.54, 1.807) is 0 Å². The first-order valence-corrected chi connectivity index (χ1v) is 7.43. The zero-order chi connectivity index (χ0) is 13.8. The average Bonchev–Trinajstić information content (AvgIpc) is 2.39. The molecule has 3 nitrogen and oxygen atoms in total. The van der Waals surface area contributed by atoms with Gasteiger partial charge in [-0.15, -0.1) is 0 Å². The van der Waals surface area contributed by atoms with E-state index in [2.05, 4.69) is 42.6 Å². The van der Waals surface area contributed by atoms with Crippen molar-refractivity contribution in [1.29, 1.82) is 0 Å². The SMILES string of the molecule is CCC/C=N\C(=N/C)N(CCC)CCC(C)CC. The molecule has 0 N–H and O–H groups in total. The highest BCUT2D eigenvalue weighted by Crippen LogP contribution is 2.09. The van der Waals surface area contributed by atoms with E-state index in [-0.39, 0.29) is 0 Å². The van der Waals surface area contributed by atoms with Gasteiger partial charge in [0, 0.05) is 26.4 Å². The Bertz CT molecular complexity index is 246. The highest BCUT2D eigenvalue weighted by Gasteiger charge is 2.09. The Morgan fingerprint density at radius 1 is 1.17 bits per heavy atom. The lowest BCUT2D eigenvalue weighted by molar-refractivity contribution is 0.363. The Morgan fingerprint density at radius 3 is 2.39 bits per heavy atom. The first-order valence-electron chi connectivity index (χ1n) is 7.43. The Balaban J connectivity index is 4.43. The molecule has 0 bridgehead atoms. The number of aliphatic imine (C=N–C) groups is 2. The molecule has 1 unspecified atom stereocenters. The molecule has 0 aliphatic rings. The zero-order valence-electron chi connectivity index (χ0n) is 12.9. The minimum absolute atomic E-state index is 0.780. The summed E-state index contributed by atoms with van der Waals surface area (Å²) in [6.45, 7) is 11.1. The van der Waals surface area contributed by atoms with Crippen LogP contribution in [-0.4, -0.2) is 37.2 Å². The molecular weight excluding hydrogens is 222 g/mol. The fourth-order valence-electron chi connectivity index (χ4n) is 1.72. The van der Waals surface area contributed by atoms with Crippen LogP contribution in [0.4, 0.5) is 0 Å². The van der Waals surface area contributed by atoms with Crippen molar-refractivity contribution in [1.82, 2.24) is 4.90 Å². The molecule has 0 fully saturated rings. The van der Waals surface area contributed by atoms with Crippen LogP contribution in [0.3, 0.4) is 0 Å². The Labute approximate surface area is 113 Å². The average molecular weight is 253 g/mol. The first kappa shape index (κ1) is 17.1. The summed E-state index contributed by atoms with van der Waals surface area (Å²) in [6, 6.07) is 0. The third kappa shape index (κ3) is 7.46. The van der Waals surface area contributed by atoms with E-state index >= 15 is 0 Å². The van der Waals surface area contributed by atoms with Crippen molar-refractivity contribution in [3.63, 3.8) is 0 Å². The lowest BCUT2D eigenvalue weighted by Crippen LogP contribution is -2.32.